The molecule has 1 aliphatic heterocycles. The molecule has 7 heteroatoms. The third-order valence-electron chi connectivity index (χ3n) is 4.71. The van der Waals surface area contributed by atoms with Gasteiger partial charge in [-0.05, 0) is 55.6 Å². The number of rotatable bonds is 2. The molecule has 5 nitrogen and oxygen atoms in total. The average Bonchev–Trinajstić information content (AvgIpc) is 2.97. The Hall–Kier alpha value is -1.83. The highest BCUT2D eigenvalue weighted by Crippen LogP contribution is 2.38. The number of aliphatic carboxylic acids is 1. The van der Waals surface area contributed by atoms with Crippen molar-refractivity contribution >= 4 is 48.7 Å². The molecule has 0 amide bonds. The van der Waals surface area contributed by atoms with Crippen LogP contribution in [-0.4, -0.2) is 22.1 Å². The zero-order valence-electron chi connectivity index (χ0n) is 12.9. The van der Waals surface area contributed by atoms with Gasteiger partial charge in [0.1, 0.15) is 11.8 Å². The number of benzene rings is 2. The number of aromatic nitrogens is 1. The SMILES string of the molecule is O=C([O-])C1Cc2c([nH]c3ccccc23)C(c2cc(Br)c(O)c(Br)c2)[NH2+]1. The number of carbonyl (C=O) groups excluding carboxylic acids is 1. The van der Waals surface area contributed by atoms with E-state index in [1.54, 1.807) is 5.32 Å². The molecule has 0 aliphatic carbocycles. The summed E-state index contributed by atoms with van der Waals surface area (Å²) in [5.74, 6) is -0.953. The molecule has 3 aromatic rings. The molecular formula is C18H14Br2N2O3. The third kappa shape index (κ3) is 2.76. The lowest BCUT2D eigenvalue weighted by molar-refractivity contribution is -0.717. The zero-order chi connectivity index (χ0) is 17.7. The van der Waals surface area contributed by atoms with E-state index < -0.39 is 12.0 Å². The number of carboxylic acids is 1. The number of H-pyrrole nitrogens is 1. The van der Waals surface area contributed by atoms with Crippen molar-refractivity contribution < 1.29 is 20.3 Å². The number of quaternary nitrogens is 1. The standard InChI is InChI=1S/C18H14Br2N2O3/c19-11-5-8(6-12(20)17(11)23)15-16-10(7-14(22-15)18(24)25)9-3-1-2-4-13(9)21-16/h1-6,14-15,21-23H,7H2,(H,24,25). The molecule has 0 saturated heterocycles. The largest absolute Gasteiger partial charge is 0.544 e. The Morgan fingerprint density at radius 1 is 1.24 bits per heavy atom. The van der Waals surface area contributed by atoms with E-state index in [2.05, 4.69) is 36.8 Å². The van der Waals surface area contributed by atoms with Gasteiger partial charge < -0.3 is 25.3 Å². The monoisotopic (exact) mass is 464 g/mol. The Balaban J connectivity index is 1.92. The van der Waals surface area contributed by atoms with Crippen LogP contribution in [0.1, 0.15) is 22.9 Å². The van der Waals surface area contributed by atoms with Gasteiger partial charge in [-0.15, -0.1) is 0 Å². The molecule has 4 rings (SSSR count). The molecule has 2 aromatic carbocycles. The van der Waals surface area contributed by atoms with E-state index >= 15 is 0 Å². The van der Waals surface area contributed by atoms with Crippen LogP contribution in [0.5, 0.6) is 5.75 Å². The molecule has 0 radical (unpaired) electrons. The Labute approximate surface area is 160 Å². The summed E-state index contributed by atoms with van der Waals surface area (Å²) in [5, 5.41) is 24.4. The molecule has 4 N–H and O–H groups in total. The summed E-state index contributed by atoms with van der Waals surface area (Å²) >= 11 is 6.70. The molecule has 128 valence electrons. The van der Waals surface area contributed by atoms with Crippen LogP contribution in [0.2, 0.25) is 0 Å². The average molecular weight is 466 g/mol. The van der Waals surface area contributed by atoms with Gasteiger partial charge in [-0.3, -0.25) is 0 Å². The molecule has 0 spiro atoms. The highest BCUT2D eigenvalue weighted by molar-refractivity contribution is 9.11. The van der Waals surface area contributed by atoms with Crippen LogP contribution in [0.4, 0.5) is 0 Å². The fourth-order valence-corrected chi connectivity index (χ4v) is 4.75. The molecule has 1 aliphatic rings. The summed E-state index contributed by atoms with van der Waals surface area (Å²) < 4.78 is 1.11. The van der Waals surface area contributed by atoms with Crippen LogP contribution in [0.15, 0.2) is 45.3 Å². The normalized spacial score (nSPS) is 19.8. The summed E-state index contributed by atoms with van der Waals surface area (Å²) in [6.07, 6.45) is 0.415. The Kier molecular flexibility index (Phi) is 4.10. The van der Waals surface area contributed by atoms with Crippen molar-refractivity contribution in [3.63, 3.8) is 0 Å². The van der Waals surface area contributed by atoms with Crippen LogP contribution < -0.4 is 10.4 Å². The third-order valence-corrected chi connectivity index (χ3v) is 5.92. The van der Waals surface area contributed by atoms with Crippen LogP contribution in [-0.2, 0) is 11.2 Å². The van der Waals surface area contributed by atoms with Crippen LogP contribution in [0.3, 0.4) is 0 Å². The second kappa shape index (κ2) is 6.16. The lowest BCUT2D eigenvalue weighted by Gasteiger charge is -2.29. The number of nitrogens with one attached hydrogen (secondary N) is 1. The molecule has 2 heterocycles. The first kappa shape index (κ1) is 16.6. The van der Waals surface area contributed by atoms with Gasteiger partial charge in [0.15, 0.2) is 6.04 Å². The van der Waals surface area contributed by atoms with E-state index in [0.717, 1.165) is 27.7 Å². The highest BCUT2D eigenvalue weighted by atomic mass is 79.9. The smallest absolute Gasteiger partial charge is 0.153 e. The number of carboxylic acid groups (broad SMARTS) is 1. The zero-order valence-corrected chi connectivity index (χ0v) is 16.1. The predicted octanol–water partition coefficient (Wildman–Crippen LogP) is 1.73. The van der Waals surface area contributed by atoms with Crippen molar-refractivity contribution in [2.75, 3.05) is 0 Å². The number of phenolic OH excluding ortho intramolecular Hbond substituents is 1. The molecule has 2 atom stereocenters. The molecule has 1 aromatic heterocycles. The first-order chi connectivity index (χ1) is 12.0. The van der Waals surface area contributed by atoms with Gasteiger partial charge in [0, 0.05) is 22.9 Å². The number of hydrogen-bond donors (Lipinski definition) is 3. The molecular weight excluding hydrogens is 452 g/mol. The van der Waals surface area contributed by atoms with Crippen molar-refractivity contribution in [3.05, 3.63) is 62.2 Å². The Morgan fingerprint density at radius 3 is 2.60 bits per heavy atom. The van der Waals surface area contributed by atoms with Crippen LogP contribution in [0.25, 0.3) is 10.9 Å². The van der Waals surface area contributed by atoms with Gasteiger partial charge >= 0.3 is 0 Å². The molecule has 0 saturated carbocycles. The minimum atomic E-state index is -1.07. The second-order valence-electron chi connectivity index (χ2n) is 6.20. The first-order valence-corrected chi connectivity index (χ1v) is 9.37. The lowest BCUT2D eigenvalue weighted by atomic mass is 9.90. The van der Waals surface area contributed by atoms with Crippen molar-refractivity contribution in [2.24, 2.45) is 0 Å². The number of phenols is 1. The second-order valence-corrected chi connectivity index (χ2v) is 7.90. The lowest BCUT2D eigenvalue weighted by Crippen LogP contribution is -2.95. The minimum absolute atomic E-state index is 0.118. The van der Waals surface area contributed by atoms with Gasteiger partial charge in [-0.2, -0.15) is 0 Å². The van der Waals surface area contributed by atoms with Crippen molar-refractivity contribution in [3.8, 4) is 5.75 Å². The Bertz CT molecular complexity index is 976. The number of aromatic hydroxyl groups is 1. The number of aromatic amines is 1. The van der Waals surface area contributed by atoms with E-state index in [-0.39, 0.29) is 11.8 Å². The van der Waals surface area contributed by atoms with E-state index in [1.807, 2.05) is 36.4 Å². The first-order valence-electron chi connectivity index (χ1n) is 7.79. The topological polar surface area (TPSA) is 92.8 Å². The van der Waals surface area contributed by atoms with Gasteiger partial charge in [0.05, 0.1) is 20.6 Å². The number of carbonyl (C=O) groups is 1. The highest BCUT2D eigenvalue weighted by Gasteiger charge is 2.35. The summed E-state index contributed by atoms with van der Waals surface area (Å²) in [7, 11) is 0. The molecule has 2 unspecified atom stereocenters. The molecule has 25 heavy (non-hydrogen) atoms. The van der Waals surface area contributed by atoms with E-state index in [0.29, 0.717) is 15.4 Å². The summed E-state index contributed by atoms with van der Waals surface area (Å²) in [6, 6.07) is 10.6. The van der Waals surface area contributed by atoms with Gasteiger partial charge in [0.25, 0.3) is 0 Å². The maximum absolute atomic E-state index is 11.6. The Morgan fingerprint density at radius 2 is 1.92 bits per heavy atom. The van der Waals surface area contributed by atoms with E-state index in [1.165, 1.54) is 0 Å². The van der Waals surface area contributed by atoms with Crippen molar-refractivity contribution in [2.45, 2.75) is 18.5 Å². The summed E-state index contributed by atoms with van der Waals surface area (Å²) in [4.78, 5) is 15.0. The van der Waals surface area contributed by atoms with Gasteiger partial charge in [-0.1, -0.05) is 18.2 Å². The van der Waals surface area contributed by atoms with E-state index in [4.69, 9.17) is 0 Å². The molecule has 0 fully saturated rings. The fourth-order valence-electron chi connectivity index (χ4n) is 3.53. The van der Waals surface area contributed by atoms with Crippen molar-refractivity contribution in [1.82, 2.24) is 4.98 Å². The summed E-state index contributed by atoms with van der Waals surface area (Å²) in [5.41, 5.74) is 3.87. The summed E-state index contributed by atoms with van der Waals surface area (Å²) in [6.45, 7) is 0. The predicted molar refractivity (Wildman–Crippen MR) is 98.1 cm³/mol. The van der Waals surface area contributed by atoms with E-state index in [9.17, 15) is 15.0 Å². The van der Waals surface area contributed by atoms with Gasteiger partial charge in [-0.25, -0.2) is 0 Å². The fraction of sp³-hybridized carbons (Fsp3) is 0.167. The maximum Gasteiger partial charge on any atom is 0.153 e. The van der Waals surface area contributed by atoms with Crippen LogP contribution in [0, 0.1) is 0 Å². The van der Waals surface area contributed by atoms with Crippen LogP contribution >= 0.6 is 31.9 Å². The number of halogens is 2. The number of fused-ring (bicyclic) bond motifs is 3. The quantitative estimate of drug-likeness (QED) is 0.538. The number of hydrogen-bond acceptors (Lipinski definition) is 3. The number of para-hydroxylation sites is 1. The minimum Gasteiger partial charge on any atom is -0.544 e. The molecule has 0 bridgehead atoms. The van der Waals surface area contributed by atoms with Crippen molar-refractivity contribution in [1.29, 1.82) is 0 Å². The maximum atomic E-state index is 11.6. The number of nitrogens with two attached hydrogens (primary N) is 1. The van der Waals surface area contributed by atoms with Gasteiger partial charge in [0.2, 0.25) is 0 Å².